The summed E-state index contributed by atoms with van der Waals surface area (Å²) >= 11 is 0. The smallest absolute Gasteiger partial charge is 0.336 e. The van der Waals surface area contributed by atoms with E-state index in [1.807, 2.05) is 0 Å². The Balaban J connectivity index is 3.13. The first-order valence-corrected chi connectivity index (χ1v) is 4.68. The number of nitrogens with zero attached hydrogens (tertiary/aromatic N) is 2. The molecule has 0 atom stereocenters. The number of carboxylic acids is 1. The van der Waals surface area contributed by atoms with E-state index in [1.54, 1.807) is 19.1 Å². The number of aliphatic imine (C=N–C) groups is 2. The fraction of sp³-hybridized carbons (Fsp3) is 0.100. The molecule has 0 saturated heterocycles. The van der Waals surface area contributed by atoms with E-state index >= 15 is 0 Å². The van der Waals surface area contributed by atoms with Crippen molar-refractivity contribution >= 4 is 23.6 Å². The first kappa shape index (κ1) is 12.5. The van der Waals surface area contributed by atoms with Gasteiger partial charge in [0.25, 0.3) is 0 Å². The molecule has 0 aliphatic carbocycles. The van der Waals surface area contributed by atoms with E-state index in [2.05, 4.69) is 9.98 Å². The van der Waals surface area contributed by atoms with Crippen LogP contribution in [0, 0.1) is 6.92 Å². The second-order valence-electron chi connectivity index (χ2n) is 3.31. The van der Waals surface area contributed by atoms with Crippen LogP contribution >= 0.6 is 0 Å². The summed E-state index contributed by atoms with van der Waals surface area (Å²) in [6.07, 6.45) is 0. The molecule has 1 rings (SSSR count). The molecule has 0 unspecified atom stereocenters. The van der Waals surface area contributed by atoms with Gasteiger partial charge in [-0.25, -0.2) is 9.79 Å². The SMILES string of the molecule is Cc1ccc(N=C(N)N=C(N)N)cc1C(=O)O. The number of nitrogens with two attached hydrogens (primary N) is 3. The van der Waals surface area contributed by atoms with Crippen molar-refractivity contribution in [3.05, 3.63) is 29.3 Å². The van der Waals surface area contributed by atoms with Crippen molar-refractivity contribution in [2.24, 2.45) is 27.2 Å². The van der Waals surface area contributed by atoms with Crippen LogP contribution in [-0.2, 0) is 0 Å². The van der Waals surface area contributed by atoms with E-state index < -0.39 is 5.97 Å². The highest BCUT2D eigenvalue weighted by atomic mass is 16.4. The molecule has 0 aliphatic heterocycles. The minimum absolute atomic E-state index is 0.134. The molecule has 0 aliphatic rings. The summed E-state index contributed by atoms with van der Waals surface area (Å²) in [6.45, 7) is 1.69. The van der Waals surface area contributed by atoms with Crippen molar-refractivity contribution in [3.8, 4) is 0 Å². The van der Waals surface area contributed by atoms with Gasteiger partial charge in [0.2, 0.25) is 5.96 Å². The lowest BCUT2D eigenvalue weighted by Crippen LogP contribution is -2.26. The van der Waals surface area contributed by atoms with Crippen molar-refractivity contribution in [1.29, 1.82) is 0 Å². The normalized spacial score (nSPS) is 11.0. The Morgan fingerprint density at radius 2 is 1.94 bits per heavy atom. The largest absolute Gasteiger partial charge is 0.478 e. The summed E-state index contributed by atoms with van der Waals surface area (Å²) < 4.78 is 0. The highest BCUT2D eigenvalue weighted by Gasteiger charge is 2.07. The molecule has 0 saturated carbocycles. The van der Waals surface area contributed by atoms with Crippen LogP contribution < -0.4 is 17.2 Å². The fourth-order valence-corrected chi connectivity index (χ4v) is 1.20. The Bertz CT molecular complexity index is 503. The number of aryl methyl sites for hydroxylation is 1. The molecule has 7 N–H and O–H groups in total. The lowest BCUT2D eigenvalue weighted by molar-refractivity contribution is 0.0696. The van der Waals surface area contributed by atoms with Crippen molar-refractivity contribution in [2.45, 2.75) is 6.92 Å². The Morgan fingerprint density at radius 3 is 2.47 bits per heavy atom. The van der Waals surface area contributed by atoms with Crippen molar-refractivity contribution in [3.63, 3.8) is 0 Å². The summed E-state index contributed by atoms with van der Waals surface area (Å²) in [5.41, 5.74) is 16.8. The Kier molecular flexibility index (Phi) is 3.66. The molecule has 7 heteroatoms. The topological polar surface area (TPSA) is 140 Å². The summed E-state index contributed by atoms with van der Waals surface area (Å²) in [7, 11) is 0. The number of carbonyl (C=O) groups is 1. The van der Waals surface area contributed by atoms with E-state index in [-0.39, 0.29) is 17.5 Å². The number of hydrogen-bond acceptors (Lipinski definition) is 2. The van der Waals surface area contributed by atoms with Gasteiger partial charge >= 0.3 is 5.97 Å². The first-order valence-electron chi connectivity index (χ1n) is 4.68. The molecular formula is C10H13N5O2. The second kappa shape index (κ2) is 4.97. The van der Waals surface area contributed by atoms with Crippen molar-refractivity contribution in [1.82, 2.24) is 0 Å². The number of benzene rings is 1. The zero-order valence-electron chi connectivity index (χ0n) is 9.21. The fourth-order valence-electron chi connectivity index (χ4n) is 1.20. The Hall–Kier alpha value is -2.57. The zero-order chi connectivity index (χ0) is 13.0. The number of carboxylic acid groups (broad SMARTS) is 1. The van der Waals surface area contributed by atoms with Crippen LogP contribution in [0.4, 0.5) is 5.69 Å². The maximum Gasteiger partial charge on any atom is 0.336 e. The molecule has 0 amide bonds. The van der Waals surface area contributed by atoms with Crippen molar-refractivity contribution < 1.29 is 9.90 Å². The number of rotatable bonds is 2. The molecule has 0 fully saturated rings. The van der Waals surface area contributed by atoms with Gasteiger partial charge in [0.1, 0.15) is 0 Å². The van der Waals surface area contributed by atoms with Gasteiger partial charge in [-0.1, -0.05) is 6.07 Å². The molecule has 7 nitrogen and oxygen atoms in total. The monoisotopic (exact) mass is 235 g/mol. The van der Waals surface area contributed by atoms with Crippen LogP contribution in [0.1, 0.15) is 15.9 Å². The highest BCUT2D eigenvalue weighted by molar-refractivity contribution is 5.94. The predicted molar refractivity (Wildman–Crippen MR) is 65.2 cm³/mol. The highest BCUT2D eigenvalue weighted by Crippen LogP contribution is 2.18. The quantitative estimate of drug-likeness (QED) is 0.419. The first-order chi connectivity index (χ1) is 7.90. The summed E-state index contributed by atoms with van der Waals surface area (Å²) in [5, 5.41) is 8.92. The molecule has 1 aromatic rings. The average molecular weight is 235 g/mol. The third-order valence-corrected chi connectivity index (χ3v) is 1.94. The van der Waals surface area contributed by atoms with E-state index in [9.17, 15) is 4.79 Å². The number of hydrogen-bond donors (Lipinski definition) is 4. The third kappa shape index (κ3) is 3.49. The third-order valence-electron chi connectivity index (χ3n) is 1.94. The molecule has 0 spiro atoms. The van der Waals surface area contributed by atoms with Gasteiger partial charge in [-0.3, -0.25) is 0 Å². The van der Waals surface area contributed by atoms with Crippen LogP contribution in [0.15, 0.2) is 28.2 Å². The second-order valence-corrected chi connectivity index (χ2v) is 3.31. The van der Waals surface area contributed by atoms with Gasteiger partial charge in [0.15, 0.2) is 5.96 Å². The maximum atomic E-state index is 10.9. The van der Waals surface area contributed by atoms with Crippen molar-refractivity contribution in [2.75, 3.05) is 0 Å². The van der Waals surface area contributed by atoms with E-state index in [0.717, 1.165) is 0 Å². The average Bonchev–Trinajstić information content (AvgIpc) is 2.19. The molecule has 0 bridgehead atoms. The molecule has 1 aromatic carbocycles. The van der Waals surface area contributed by atoms with E-state index in [1.165, 1.54) is 6.07 Å². The van der Waals surface area contributed by atoms with Gasteiger partial charge in [-0.2, -0.15) is 4.99 Å². The minimum atomic E-state index is -1.03. The molecule has 17 heavy (non-hydrogen) atoms. The molecule has 0 radical (unpaired) electrons. The summed E-state index contributed by atoms with van der Waals surface area (Å²) in [5.74, 6) is -1.37. The Labute approximate surface area is 97.7 Å². The summed E-state index contributed by atoms with van der Waals surface area (Å²) in [4.78, 5) is 18.3. The van der Waals surface area contributed by atoms with Crippen LogP contribution in [0.5, 0.6) is 0 Å². The Morgan fingerprint density at radius 1 is 1.29 bits per heavy atom. The van der Waals surface area contributed by atoms with Crippen LogP contribution in [0.3, 0.4) is 0 Å². The molecule has 0 heterocycles. The van der Waals surface area contributed by atoms with Gasteiger partial charge in [-0.15, -0.1) is 0 Å². The van der Waals surface area contributed by atoms with Gasteiger partial charge in [0.05, 0.1) is 11.3 Å². The lowest BCUT2D eigenvalue weighted by atomic mass is 10.1. The number of aromatic carboxylic acids is 1. The van der Waals surface area contributed by atoms with Crippen LogP contribution in [-0.4, -0.2) is 23.0 Å². The summed E-state index contributed by atoms with van der Waals surface area (Å²) in [6, 6.07) is 4.65. The minimum Gasteiger partial charge on any atom is -0.478 e. The standard InChI is InChI=1S/C10H13N5O2/c1-5-2-3-6(4-7(5)8(16)17)14-10(13)15-9(11)12/h2-4H,1H3,(H,16,17)(H6,11,12,13,14,15). The predicted octanol–water partition coefficient (Wildman–Crippen LogP) is -0.0872. The molecular weight excluding hydrogens is 222 g/mol. The van der Waals surface area contributed by atoms with Crippen LogP contribution in [0.25, 0.3) is 0 Å². The van der Waals surface area contributed by atoms with Gasteiger partial charge in [-0.05, 0) is 24.6 Å². The lowest BCUT2D eigenvalue weighted by Gasteiger charge is -2.02. The number of guanidine groups is 2. The van der Waals surface area contributed by atoms with E-state index in [4.69, 9.17) is 22.3 Å². The van der Waals surface area contributed by atoms with Gasteiger partial charge in [0, 0.05) is 0 Å². The molecule has 0 aromatic heterocycles. The van der Waals surface area contributed by atoms with E-state index in [0.29, 0.717) is 11.3 Å². The zero-order valence-corrected chi connectivity index (χ0v) is 9.21. The maximum absolute atomic E-state index is 10.9. The van der Waals surface area contributed by atoms with Gasteiger partial charge < -0.3 is 22.3 Å². The van der Waals surface area contributed by atoms with Crippen LogP contribution in [0.2, 0.25) is 0 Å². The molecule has 90 valence electrons.